The number of nitrogens with one attached hydrogen (secondary N) is 1. The van der Waals surface area contributed by atoms with Crippen molar-refractivity contribution in [3.63, 3.8) is 0 Å². The first-order valence-electron chi connectivity index (χ1n) is 5.42. The fourth-order valence-electron chi connectivity index (χ4n) is 1.80. The average Bonchev–Trinajstić information content (AvgIpc) is 2.71. The van der Waals surface area contributed by atoms with Crippen LogP contribution >= 0.6 is 15.9 Å². The van der Waals surface area contributed by atoms with Crippen LogP contribution in [0.2, 0.25) is 0 Å². The third kappa shape index (κ3) is 2.66. The molecule has 0 aliphatic carbocycles. The van der Waals surface area contributed by atoms with E-state index in [9.17, 15) is 9.18 Å². The first-order valence-corrected chi connectivity index (χ1v) is 6.21. The molecule has 1 aliphatic heterocycles. The highest BCUT2D eigenvalue weighted by molar-refractivity contribution is 9.10. The molecule has 3 nitrogen and oxygen atoms in total. The predicted molar refractivity (Wildman–Crippen MR) is 66.3 cm³/mol. The molecule has 1 unspecified atom stereocenters. The molecule has 1 aromatic rings. The van der Waals surface area contributed by atoms with E-state index in [0.717, 1.165) is 6.42 Å². The van der Waals surface area contributed by atoms with Gasteiger partial charge in [0.2, 0.25) is 0 Å². The molecular weight excluding hydrogens is 289 g/mol. The zero-order chi connectivity index (χ0) is 12.5. The van der Waals surface area contributed by atoms with Crippen LogP contribution in [0.1, 0.15) is 19.8 Å². The Balaban J connectivity index is 2.13. The normalized spacial score (nSPS) is 23.7. The molecule has 1 fully saturated rings. The van der Waals surface area contributed by atoms with Crippen LogP contribution in [0.25, 0.3) is 0 Å². The monoisotopic (exact) mass is 301 g/mol. The number of hydrogen-bond donors (Lipinski definition) is 1. The van der Waals surface area contributed by atoms with Gasteiger partial charge in [0.05, 0.1) is 5.69 Å². The summed E-state index contributed by atoms with van der Waals surface area (Å²) in [7, 11) is 0. The lowest BCUT2D eigenvalue weighted by atomic mass is 10.0. The van der Waals surface area contributed by atoms with Gasteiger partial charge in [0.15, 0.2) is 0 Å². The number of ether oxygens (including phenoxy) is 1. The van der Waals surface area contributed by atoms with E-state index in [0.29, 0.717) is 17.5 Å². The highest BCUT2D eigenvalue weighted by Gasteiger charge is 2.37. The van der Waals surface area contributed by atoms with Crippen LogP contribution in [0, 0.1) is 5.82 Å². The molecule has 5 heteroatoms. The Bertz CT molecular complexity index is 444. The molecule has 1 amide bonds. The molecule has 0 spiro atoms. The van der Waals surface area contributed by atoms with Crippen LogP contribution in [0.15, 0.2) is 22.7 Å². The maximum Gasteiger partial charge on any atom is 0.256 e. The summed E-state index contributed by atoms with van der Waals surface area (Å²) in [5.41, 5.74) is -0.658. The van der Waals surface area contributed by atoms with Gasteiger partial charge in [-0.3, -0.25) is 4.79 Å². The molecule has 1 aliphatic rings. The summed E-state index contributed by atoms with van der Waals surface area (Å²) in [5, 5.41) is 2.56. The molecule has 0 bridgehead atoms. The maximum absolute atomic E-state index is 13.5. The molecule has 0 saturated carbocycles. The molecule has 0 aromatic heterocycles. The van der Waals surface area contributed by atoms with Gasteiger partial charge >= 0.3 is 0 Å². The second kappa shape index (κ2) is 4.74. The highest BCUT2D eigenvalue weighted by atomic mass is 79.9. The smallest absolute Gasteiger partial charge is 0.256 e. The second-order valence-corrected chi connectivity index (χ2v) is 5.18. The van der Waals surface area contributed by atoms with E-state index in [-0.39, 0.29) is 11.6 Å². The molecule has 1 N–H and O–H groups in total. The largest absolute Gasteiger partial charge is 0.365 e. The van der Waals surface area contributed by atoms with E-state index in [1.54, 1.807) is 13.0 Å². The van der Waals surface area contributed by atoms with E-state index in [1.807, 2.05) is 0 Å². The summed E-state index contributed by atoms with van der Waals surface area (Å²) in [6.45, 7) is 2.30. The van der Waals surface area contributed by atoms with Gasteiger partial charge in [0, 0.05) is 11.1 Å². The Morgan fingerprint density at radius 2 is 2.35 bits per heavy atom. The summed E-state index contributed by atoms with van der Waals surface area (Å²) in [6, 6.07) is 4.51. The third-order valence-electron chi connectivity index (χ3n) is 2.88. The number of carbonyl (C=O) groups excluding carboxylic acids is 1. The fraction of sp³-hybridized carbons (Fsp3) is 0.417. The number of carbonyl (C=O) groups is 1. The van der Waals surface area contributed by atoms with Crippen molar-refractivity contribution in [1.29, 1.82) is 0 Å². The van der Waals surface area contributed by atoms with Gasteiger partial charge in [-0.15, -0.1) is 0 Å². The molecular formula is C12H13BrFNO2. The van der Waals surface area contributed by atoms with Crippen molar-refractivity contribution in [2.75, 3.05) is 11.9 Å². The Labute approximate surface area is 107 Å². The first-order chi connectivity index (χ1) is 8.01. The minimum atomic E-state index is -0.834. The minimum absolute atomic E-state index is 0.176. The van der Waals surface area contributed by atoms with E-state index < -0.39 is 11.4 Å². The van der Waals surface area contributed by atoms with Crippen molar-refractivity contribution in [1.82, 2.24) is 0 Å². The van der Waals surface area contributed by atoms with Gasteiger partial charge in [-0.2, -0.15) is 0 Å². The van der Waals surface area contributed by atoms with Crippen LogP contribution in [0.5, 0.6) is 0 Å². The van der Waals surface area contributed by atoms with Crippen molar-refractivity contribution < 1.29 is 13.9 Å². The maximum atomic E-state index is 13.5. The van der Waals surface area contributed by atoms with E-state index in [2.05, 4.69) is 21.2 Å². The molecule has 2 rings (SSSR count). The Kier molecular flexibility index (Phi) is 3.49. The quantitative estimate of drug-likeness (QED) is 0.911. The lowest BCUT2D eigenvalue weighted by Crippen LogP contribution is -2.39. The van der Waals surface area contributed by atoms with Crippen LogP contribution < -0.4 is 5.32 Å². The van der Waals surface area contributed by atoms with Crippen molar-refractivity contribution >= 4 is 27.5 Å². The summed E-state index contributed by atoms with van der Waals surface area (Å²) >= 11 is 3.16. The molecule has 92 valence electrons. The summed E-state index contributed by atoms with van der Waals surface area (Å²) in [4.78, 5) is 12.0. The van der Waals surface area contributed by atoms with Gasteiger partial charge in [-0.25, -0.2) is 4.39 Å². The lowest BCUT2D eigenvalue weighted by molar-refractivity contribution is -0.133. The first kappa shape index (κ1) is 12.5. The standard InChI is InChI=1S/C12H13BrFNO2/c1-12(5-2-6-17-12)11(16)15-10-4-3-8(13)7-9(10)14/h3-4,7H,2,5-6H2,1H3,(H,15,16). The Hall–Kier alpha value is -0.940. The van der Waals surface area contributed by atoms with Crippen LogP contribution in [-0.4, -0.2) is 18.1 Å². The molecule has 1 aromatic carbocycles. The van der Waals surface area contributed by atoms with Crippen LogP contribution in [0.4, 0.5) is 10.1 Å². The predicted octanol–water partition coefficient (Wildman–Crippen LogP) is 3.10. The van der Waals surface area contributed by atoms with Crippen molar-refractivity contribution in [3.8, 4) is 0 Å². The van der Waals surface area contributed by atoms with Gasteiger partial charge in [0.1, 0.15) is 11.4 Å². The van der Waals surface area contributed by atoms with Gasteiger partial charge in [-0.1, -0.05) is 15.9 Å². The topological polar surface area (TPSA) is 38.3 Å². The van der Waals surface area contributed by atoms with E-state index >= 15 is 0 Å². The molecule has 0 radical (unpaired) electrons. The van der Waals surface area contributed by atoms with E-state index in [4.69, 9.17) is 4.74 Å². The fourth-order valence-corrected chi connectivity index (χ4v) is 2.14. The number of amides is 1. The van der Waals surface area contributed by atoms with Gasteiger partial charge in [0.25, 0.3) is 5.91 Å². The second-order valence-electron chi connectivity index (χ2n) is 4.26. The SMILES string of the molecule is CC1(C(=O)Nc2ccc(Br)cc2F)CCCO1. The van der Waals surface area contributed by atoms with Crippen LogP contribution in [0.3, 0.4) is 0 Å². The highest BCUT2D eigenvalue weighted by Crippen LogP contribution is 2.27. The van der Waals surface area contributed by atoms with Gasteiger partial charge < -0.3 is 10.1 Å². The molecule has 17 heavy (non-hydrogen) atoms. The zero-order valence-corrected chi connectivity index (χ0v) is 11.0. The van der Waals surface area contributed by atoms with Crippen molar-refractivity contribution in [2.24, 2.45) is 0 Å². The minimum Gasteiger partial charge on any atom is -0.365 e. The van der Waals surface area contributed by atoms with E-state index in [1.165, 1.54) is 12.1 Å². The Morgan fingerprint density at radius 3 is 2.94 bits per heavy atom. The third-order valence-corrected chi connectivity index (χ3v) is 3.37. The van der Waals surface area contributed by atoms with Crippen molar-refractivity contribution in [3.05, 3.63) is 28.5 Å². The molecule has 1 atom stereocenters. The number of halogens is 2. The van der Waals surface area contributed by atoms with Gasteiger partial charge in [-0.05, 0) is 38.0 Å². The summed E-state index contributed by atoms with van der Waals surface area (Å²) in [6.07, 6.45) is 1.52. The summed E-state index contributed by atoms with van der Waals surface area (Å²) < 4.78 is 19.6. The molecule has 1 saturated heterocycles. The lowest BCUT2D eigenvalue weighted by Gasteiger charge is -2.22. The summed E-state index contributed by atoms with van der Waals surface area (Å²) in [5.74, 6) is -0.759. The number of anilines is 1. The Morgan fingerprint density at radius 1 is 1.59 bits per heavy atom. The number of benzene rings is 1. The van der Waals surface area contributed by atoms with Crippen LogP contribution in [-0.2, 0) is 9.53 Å². The van der Waals surface area contributed by atoms with Crippen molar-refractivity contribution in [2.45, 2.75) is 25.4 Å². The molecule has 1 heterocycles. The number of rotatable bonds is 2. The average molecular weight is 302 g/mol. The zero-order valence-electron chi connectivity index (χ0n) is 9.43. The number of hydrogen-bond acceptors (Lipinski definition) is 2.